The molecule has 374 valence electrons. The maximum absolute atomic E-state index is 6.31. The van der Waals surface area contributed by atoms with Gasteiger partial charge in [-0.2, -0.15) is 0 Å². The fourth-order valence-corrected chi connectivity index (χ4v) is 10.1. The summed E-state index contributed by atoms with van der Waals surface area (Å²) in [6, 6.07) is 48.2. The van der Waals surface area contributed by atoms with Gasteiger partial charge in [0.15, 0.2) is 23.0 Å². The van der Waals surface area contributed by atoms with Gasteiger partial charge in [-0.15, -0.1) is 0 Å². The van der Waals surface area contributed by atoms with E-state index in [2.05, 4.69) is 133 Å². The molecule has 2 heterocycles. The Morgan fingerprint density at radius 3 is 0.833 bits per heavy atom. The number of ether oxygens (including phenoxy) is 10. The molecule has 11 nitrogen and oxygen atoms in total. The van der Waals surface area contributed by atoms with Crippen molar-refractivity contribution in [1.82, 2.24) is 4.90 Å². The third-order valence-electron chi connectivity index (χ3n) is 13.4. The Kier molecular flexibility index (Phi) is 17.1. The molecule has 0 saturated carbocycles. The van der Waals surface area contributed by atoms with Crippen molar-refractivity contribution in [2.45, 2.75) is 25.9 Å². The quantitative estimate of drug-likeness (QED) is 0.136. The third kappa shape index (κ3) is 12.1. The first-order valence-electron chi connectivity index (χ1n) is 25.4. The molecule has 72 heavy (non-hydrogen) atoms. The molecule has 11 heteroatoms. The van der Waals surface area contributed by atoms with Crippen LogP contribution in [0.2, 0.25) is 0 Å². The van der Waals surface area contributed by atoms with Crippen molar-refractivity contribution in [3.8, 4) is 23.0 Å². The average molecular weight is 972 g/mol. The Bertz CT molecular complexity index is 2750. The molecule has 0 unspecified atom stereocenters. The Balaban J connectivity index is 0.933. The van der Waals surface area contributed by atoms with E-state index in [9.17, 15) is 0 Å². The lowest BCUT2D eigenvalue weighted by atomic mass is 9.87. The van der Waals surface area contributed by atoms with E-state index in [0.717, 1.165) is 37.1 Å². The highest BCUT2D eigenvalue weighted by Crippen LogP contribution is 2.40. The predicted molar refractivity (Wildman–Crippen MR) is 283 cm³/mol. The van der Waals surface area contributed by atoms with Gasteiger partial charge in [0, 0.05) is 13.1 Å². The van der Waals surface area contributed by atoms with Crippen molar-refractivity contribution in [2.75, 3.05) is 113 Å². The maximum Gasteiger partial charge on any atom is 0.161 e. The number of hydrogen-bond acceptors (Lipinski definition) is 11. The smallest absolute Gasteiger partial charge is 0.161 e. The van der Waals surface area contributed by atoms with Crippen LogP contribution < -0.4 is 18.9 Å². The molecular weight excluding hydrogens is 907 g/mol. The third-order valence-corrected chi connectivity index (χ3v) is 13.4. The summed E-state index contributed by atoms with van der Waals surface area (Å²) in [6.45, 7) is 9.20. The predicted octanol–water partition coefficient (Wildman–Crippen LogP) is 10.8. The van der Waals surface area contributed by atoms with E-state index < -0.39 is 0 Å². The van der Waals surface area contributed by atoms with Crippen LogP contribution in [0.4, 0.5) is 0 Å². The van der Waals surface area contributed by atoms with Gasteiger partial charge in [-0.1, -0.05) is 109 Å². The Labute approximate surface area is 422 Å². The second kappa shape index (κ2) is 24.9. The van der Waals surface area contributed by atoms with Crippen molar-refractivity contribution in [1.29, 1.82) is 0 Å². The Morgan fingerprint density at radius 2 is 0.542 bits per heavy atom. The summed E-state index contributed by atoms with van der Waals surface area (Å²) in [4.78, 5) is 2.48. The monoisotopic (exact) mass is 971 g/mol. The van der Waals surface area contributed by atoms with Gasteiger partial charge < -0.3 is 47.4 Å². The molecule has 2 aliphatic heterocycles. The molecule has 10 rings (SSSR count). The summed E-state index contributed by atoms with van der Waals surface area (Å²) in [5.74, 6) is 2.81. The summed E-state index contributed by atoms with van der Waals surface area (Å²) in [5, 5.41) is 10.1. The maximum atomic E-state index is 6.31. The van der Waals surface area contributed by atoms with Gasteiger partial charge in [-0.3, -0.25) is 4.90 Å². The van der Waals surface area contributed by atoms with Crippen LogP contribution in [0.25, 0.3) is 43.1 Å². The van der Waals surface area contributed by atoms with Crippen LogP contribution >= 0.6 is 0 Å². The van der Waals surface area contributed by atoms with Gasteiger partial charge >= 0.3 is 0 Å². The number of rotatable bonds is 8. The lowest BCUT2D eigenvalue weighted by molar-refractivity contribution is 0.00708. The SMILES string of the molecule is CN(Cc1c2ccccc2c(Cc2ccc3c(c2)OCCOCCOCCOCCO3)c2ccccc12)Cc1c2ccccc2c(Cc2ccc3c(c2)OCCOCCOCCOCCO3)c2ccccc12. The fraction of sp³-hybridized carbons (Fsp3) is 0.344. The standard InChI is InChI=1S/C61H65NO10/c1-62(42-56-50-14-6-2-10-46(50)54(47-11-3-7-15-51(47)56)38-44-18-20-58-60(40-44)71-36-32-67-28-24-63-22-26-65-30-34-69-58)43-57-52-16-8-4-12-48(52)55(49-13-5-9-17-53(49)57)39-45-19-21-59-61(41-45)72-37-33-68-29-25-64-23-27-66-31-35-70-59/h2-21,40-41H,22-39,42-43H2,1H3. The Hall–Kier alpha value is -6.28. The first-order chi connectivity index (χ1) is 35.7. The second-order valence-electron chi connectivity index (χ2n) is 18.3. The summed E-state index contributed by atoms with van der Waals surface area (Å²) in [7, 11) is 2.25. The molecule has 0 bridgehead atoms. The molecule has 0 radical (unpaired) electrons. The number of nitrogens with zero attached hydrogens (tertiary/aromatic N) is 1. The van der Waals surface area contributed by atoms with Crippen molar-refractivity contribution >= 4 is 43.1 Å². The van der Waals surface area contributed by atoms with Crippen molar-refractivity contribution in [2.24, 2.45) is 0 Å². The van der Waals surface area contributed by atoms with E-state index in [4.69, 9.17) is 47.4 Å². The molecule has 0 aliphatic carbocycles. The van der Waals surface area contributed by atoms with Crippen LogP contribution in [0.3, 0.4) is 0 Å². The van der Waals surface area contributed by atoms with Gasteiger partial charge in [-0.25, -0.2) is 0 Å². The summed E-state index contributed by atoms with van der Waals surface area (Å²) < 4.78 is 59.1. The highest BCUT2D eigenvalue weighted by atomic mass is 16.6. The molecule has 0 spiro atoms. The molecule has 0 atom stereocenters. The van der Waals surface area contributed by atoms with Gasteiger partial charge in [-0.05, 0) is 121 Å². The van der Waals surface area contributed by atoms with E-state index in [-0.39, 0.29) is 0 Å². The van der Waals surface area contributed by atoms with Crippen molar-refractivity contribution in [3.63, 3.8) is 0 Å². The zero-order valence-electron chi connectivity index (χ0n) is 41.4. The van der Waals surface area contributed by atoms with Crippen LogP contribution in [0.5, 0.6) is 23.0 Å². The average Bonchev–Trinajstić information content (AvgIpc) is 3.43. The number of fused-ring (bicyclic) bond motifs is 6. The molecular formula is C61H65NO10. The van der Waals surface area contributed by atoms with Crippen LogP contribution in [-0.2, 0) is 54.4 Å². The summed E-state index contributed by atoms with van der Waals surface area (Å²) >= 11 is 0. The summed E-state index contributed by atoms with van der Waals surface area (Å²) in [6.07, 6.45) is 1.45. The van der Waals surface area contributed by atoms with Crippen LogP contribution in [0.1, 0.15) is 33.4 Å². The largest absolute Gasteiger partial charge is 0.487 e. The summed E-state index contributed by atoms with van der Waals surface area (Å²) in [5.41, 5.74) is 7.50. The number of hydrogen-bond donors (Lipinski definition) is 0. The molecule has 0 amide bonds. The van der Waals surface area contributed by atoms with E-state index in [1.54, 1.807) is 0 Å². The van der Waals surface area contributed by atoms with Gasteiger partial charge in [0.05, 0.1) is 79.3 Å². The van der Waals surface area contributed by atoms with E-state index in [1.807, 2.05) is 12.1 Å². The fourth-order valence-electron chi connectivity index (χ4n) is 10.1. The van der Waals surface area contributed by atoms with E-state index >= 15 is 0 Å². The minimum absolute atomic E-state index is 0.409. The molecule has 0 aromatic heterocycles. The lowest BCUT2D eigenvalue weighted by Gasteiger charge is -2.24. The highest BCUT2D eigenvalue weighted by Gasteiger charge is 2.20. The lowest BCUT2D eigenvalue weighted by Crippen LogP contribution is -2.18. The van der Waals surface area contributed by atoms with Crippen molar-refractivity contribution < 1.29 is 47.4 Å². The van der Waals surface area contributed by atoms with Gasteiger partial charge in [0.1, 0.15) is 26.4 Å². The van der Waals surface area contributed by atoms with Crippen LogP contribution in [0, 0.1) is 0 Å². The first-order valence-corrected chi connectivity index (χ1v) is 25.4. The van der Waals surface area contributed by atoms with Crippen molar-refractivity contribution in [3.05, 3.63) is 167 Å². The molecule has 0 fully saturated rings. The highest BCUT2D eigenvalue weighted by molar-refractivity contribution is 6.07. The number of benzene rings is 8. The first kappa shape index (κ1) is 49.3. The molecule has 0 saturated heterocycles. The zero-order chi connectivity index (χ0) is 48.7. The Morgan fingerprint density at radius 1 is 0.292 bits per heavy atom. The molecule has 2 aliphatic rings. The van der Waals surface area contributed by atoms with Gasteiger partial charge in [0.2, 0.25) is 0 Å². The zero-order valence-corrected chi connectivity index (χ0v) is 41.4. The van der Waals surface area contributed by atoms with Crippen LogP contribution in [-0.4, -0.2) is 118 Å². The topological polar surface area (TPSA) is 95.5 Å². The second-order valence-corrected chi connectivity index (χ2v) is 18.3. The van der Waals surface area contributed by atoms with Gasteiger partial charge in [0.25, 0.3) is 0 Å². The molecule has 8 aromatic carbocycles. The minimum Gasteiger partial charge on any atom is -0.487 e. The minimum atomic E-state index is 0.409. The van der Waals surface area contributed by atoms with Crippen LogP contribution in [0.15, 0.2) is 133 Å². The van der Waals surface area contributed by atoms with E-state index in [1.165, 1.54) is 65.3 Å². The normalized spacial score (nSPS) is 16.2. The molecule has 8 aromatic rings. The molecule has 0 N–H and O–H groups in total. The van der Waals surface area contributed by atoms with E-state index in [0.29, 0.717) is 129 Å².